The molecule has 174 valence electrons. The highest BCUT2D eigenvalue weighted by Crippen LogP contribution is 2.44. The molecule has 1 fully saturated rings. The van der Waals surface area contributed by atoms with E-state index in [1.165, 1.54) is 35.1 Å². The molecule has 3 aromatic rings. The first-order valence-corrected chi connectivity index (χ1v) is 12.1. The third-order valence-corrected chi connectivity index (χ3v) is 7.26. The van der Waals surface area contributed by atoms with E-state index in [1.54, 1.807) is 0 Å². The molecule has 3 aliphatic rings. The summed E-state index contributed by atoms with van der Waals surface area (Å²) >= 11 is 0. The van der Waals surface area contributed by atoms with E-state index in [0.29, 0.717) is 6.61 Å². The summed E-state index contributed by atoms with van der Waals surface area (Å²) in [5, 5.41) is 9.13. The maximum atomic E-state index is 11.1. The molecule has 0 radical (unpaired) electrons. The molecule has 1 saturated heterocycles. The van der Waals surface area contributed by atoms with Gasteiger partial charge in [-0.3, -0.25) is 4.79 Å². The zero-order valence-electron chi connectivity index (χ0n) is 19.1. The summed E-state index contributed by atoms with van der Waals surface area (Å²) in [6.07, 6.45) is 6.29. The SMILES string of the molecule is O=C(O)CC1COc2cc(OC3CCc4c(-c5cccnc5N5CCCC5)cccc43)ccc21. The van der Waals surface area contributed by atoms with Crippen molar-refractivity contribution in [3.05, 3.63) is 71.4 Å². The van der Waals surface area contributed by atoms with E-state index in [1.807, 2.05) is 30.5 Å². The molecule has 6 nitrogen and oxygen atoms in total. The molecule has 3 heterocycles. The van der Waals surface area contributed by atoms with Crippen molar-refractivity contribution < 1.29 is 19.4 Å². The van der Waals surface area contributed by atoms with Crippen LogP contribution in [0.3, 0.4) is 0 Å². The van der Waals surface area contributed by atoms with Gasteiger partial charge in [-0.1, -0.05) is 24.3 Å². The van der Waals surface area contributed by atoms with E-state index in [0.717, 1.165) is 48.8 Å². The van der Waals surface area contributed by atoms with Crippen LogP contribution in [-0.2, 0) is 11.2 Å². The number of aromatic nitrogens is 1. The predicted octanol–water partition coefficient (Wildman–Crippen LogP) is 5.37. The van der Waals surface area contributed by atoms with Gasteiger partial charge in [-0.2, -0.15) is 0 Å². The highest BCUT2D eigenvalue weighted by molar-refractivity contribution is 5.79. The molecule has 1 aromatic heterocycles. The number of nitrogens with zero attached hydrogens (tertiary/aromatic N) is 2. The third-order valence-electron chi connectivity index (χ3n) is 7.26. The lowest BCUT2D eigenvalue weighted by molar-refractivity contribution is -0.137. The van der Waals surface area contributed by atoms with Crippen molar-refractivity contribution in [2.75, 3.05) is 24.6 Å². The molecule has 0 spiro atoms. The third kappa shape index (κ3) is 3.77. The van der Waals surface area contributed by atoms with E-state index < -0.39 is 5.97 Å². The molecule has 2 aliphatic heterocycles. The van der Waals surface area contributed by atoms with Gasteiger partial charge in [0.2, 0.25) is 0 Å². The number of hydrogen-bond acceptors (Lipinski definition) is 5. The van der Waals surface area contributed by atoms with E-state index in [-0.39, 0.29) is 18.4 Å². The number of anilines is 1. The van der Waals surface area contributed by atoms with Gasteiger partial charge in [0.05, 0.1) is 13.0 Å². The molecule has 0 bridgehead atoms. The number of pyridine rings is 1. The van der Waals surface area contributed by atoms with Gasteiger partial charge < -0.3 is 19.5 Å². The number of aliphatic carboxylic acids is 1. The standard InChI is InChI=1S/C28H28N2O4/c31-27(32)15-18-17-33-26-16-19(8-9-20(18)26)34-25-11-10-22-21(5-3-6-23(22)25)24-7-4-12-29-28(24)30-13-1-2-14-30/h3-9,12,16,18,25H,1-2,10-11,13-15,17H2,(H,31,32). The van der Waals surface area contributed by atoms with Gasteiger partial charge in [-0.15, -0.1) is 0 Å². The van der Waals surface area contributed by atoms with Crippen molar-refractivity contribution in [3.63, 3.8) is 0 Å². The monoisotopic (exact) mass is 456 g/mol. The molecule has 6 heteroatoms. The van der Waals surface area contributed by atoms with Crippen LogP contribution in [0.2, 0.25) is 0 Å². The van der Waals surface area contributed by atoms with Gasteiger partial charge in [0.15, 0.2) is 0 Å². The molecule has 1 aliphatic carbocycles. The van der Waals surface area contributed by atoms with Crippen molar-refractivity contribution in [1.29, 1.82) is 0 Å². The predicted molar refractivity (Wildman–Crippen MR) is 130 cm³/mol. The summed E-state index contributed by atoms with van der Waals surface area (Å²) in [6.45, 7) is 2.54. The summed E-state index contributed by atoms with van der Waals surface area (Å²) in [6, 6.07) is 16.5. The zero-order valence-corrected chi connectivity index (χ0v) is 19.1. The van der Waals surface area contributed by atoms with Gasteiger partial charge in [-0.05, 0) is 60.6 Å². The van der Waals surface area contributed by atoms with Crippen LogP contribution in [0.5, 0.6) is 11.5 Å². The Morgan fingerprint density at radius 2 is 1.94 bits per heavy atom. The first kappa shape index (κ1) is 21.0. The lowest BCUT2D eigenvalue weighted by Gasteiger charge is -2.21. The number of carbonyl (C=O) groups is 1. The van der Waals surface area contributed by atoms with E-state index in [4.69, 9.17) is 19.6 Å². The molecule has 2 atom stereocenters. The van der Waals surface area contributed by atoms with Crippen LogP contribution in [-0.4, -0.2) is 35.8 Å². The van der Waals surface area contributed by atoms with Crippen molar-refractivity contribution in [2.45, 2.75) is 44.1 Å². The largest absolute Gasteiger partial charge is 0.492 e. The minimum Gasteiger partial charge on any atom is -0.492 e. The fraction of sp³-hybridized carbons (Fsp3) is 0.357. The quantitative estimate of drug-likeness (QED) is 0.538. The minimum absolute atomic E-state index is 0.0175. The Bertz CT molecular complexity index is 1230. The summed E-state index contributed by atoms with van der Waals surface area (Å²) < 4.78 is 12.2. The average Bonchev–Trinajstić information content (AvgIpc) is 3.60. The fourth-order valence-electron chi connectivity index (χ4n) is 5.65. The molecule has 1 N–H and O–H groups in total. The first-order valence-electron chi connectivity index (χ1n) is 12.1. The van der Waals surface area contributed by atoms with Crippen LogP contribution in [0.25, 0.3) is 11.1 Å². The Hall–Kier alpha value is -3.54. The van der Waals surface area contributed by atoms with E-state index in [2.05, 4.69) is 29.2 Å². The number of carboxylic acids is 1. The second kappa shape index (κ2) is 8.67. The van der Waals surface area contributed by atoms with Crippen LogP contribution in [0.15, 0.2) is 54.7 Å². The van der Waals surface area contributed by atoms with E-state index >= 15 is 0 Å². The molecule has 0 amide bonds. The number of rotatable bonds is 6. The number of benzene rings is 2. The Balaban J connectivity index is 1.27. The Labute approximate surface area is 199 Å². The maximum Gasteiger partial charge on any atom is 0.304 e. The maximum absolute atomic E-state index is 11.1. The molecule has 34 heavy (non-hydrogen) atoms. The number of carboxylic acid groups (broad SMARTS) is 1. The lowest BCUT2D eigenvalue weighted by atomic mass is 9.96. The zero-order chi connectivity index (χ0) is 23.1. The van der Waals surface area contributed by atoms with Gasteiger partial charge in [0.1, 0.15) is 23.4 Å². The minimum atomic E-state index is -0.804. The average molecular weight is 457 g/mol. The van der Waals surface area contributed by atoms with Crippen molar-refractivity contribution in [2.24, 2.45) is 0 Å². The van der Waals surface area contributed by atoms with Crippen LogP contribution >= 0.6 is 0 Å². The summed E-state index contributed by atoms with van der Waals surface area (Å²) in [5.74, 6) is 1.69. The van der Waals surface area contributed by atoms with Crippen molar-refractivity contribution in [1.82, 2.24) is 4.98 Å². The number of fused-ring (bicyclic) bond motifs is 2. The molecule has 2 aromatic carbocycles. The van der Waals surface area contributed by atoms with Crippen LogP contribution in [0.4, 0.5) is 5.82 Å². The Morgan fingerprint density at radius 1 is 1.09 bits per heavy atom. The molecular formula is C28H28N2O4. The fourth-order valence-corrected chi connectivity index (χ4v) is 5.65. The second-order valence-electron chi connectivity index (χ2n) is 9.39. The Morgan fingerprint density at radius 3 is 2.79 bits per heavy atom. The van der Waals surface area contributed by atoms with Gasteiger partial charge in [0, 0.05) is 42.4 Å². The van der Waals surface area contributed by atoms with Gasteiger partial charge in [0.25, 0.3) is 0 Å². The Kier molecular flexibility index (Phi) is 5.36. The number of ether oxygens (including phenoxy) is 2. The van der Waals surface area contributed by atoms with Gasteiger partial charge >= 0.3 is 5.97 Å². The normalized spacial score (nSPS) is 20.6. The highest BCUT2D eigenvalue weighted by Gasteiger charge is 2.30. The second-order valence-corrected chi connectivity index (χ2v) is 9.39. The van der Waals surface area contributed by atoms with Crippen LogP contribution in [0.1, 0.15) is 54.4 Å². The summed E-state index contributed by atoms with van der Waals surface area (Å²) in [5.41, 5.74) is 6.00. The first-order chi connectivity index (χ1) is 16.7. The molecular weight excluding hydrogens is 428 g/mol. The van der Waals surface area contributed by atoms with E-state index in [9.17, 15) is 4.79 Å². The molecule has 2 unspecified atom stereocenters. The number of hydrogen-bond donors (Lipinski definition) is 1. The summed E-state index contributed by atoms with van der Waals surface area (Å²) in [7, 11) is 0. The summed E-state index contributed by atoms with van der Waals surface area (Å²) in [4.78, 5) is 18.3. The smallest absolute Gasteiger partial charge is 0.304 e. The lowest BCUT2D eigenvalue weighted by Crippen LogP contribution is -2.19. The van der Waals surface area contributed by atoms with Crippen LogP contribution < -0.4 is 14.4 Å². The van der Waals surface area contributed by atoms with Gasteiger partial charge in [-0.25, -0.2) is 4.98 Å². The van der Waals surface area contributed by atoms with Crippen molar-refractivity contribution >= 4 is 11.8 Å². The van der Waals surface area contributed by atoms with Crippen molar-refractivity contribution in [3.8, 4) is 22.6 Å². The highest BCUT2D eigenvalue weighted by atomic mass is 16.5. The molecule has 0 saturated carbocycles. The molecule has 6 rings (SSSR count). The van der Waals surface area contributed by atoms with Crippen LogP contribution in [0, 0.1) is 0 Å². The topological polar surface area (TPSA) is 71.9 Å².